The standard InChI is InChI=1S/C19H22Cl2N2O3/c1-5-6-16(24)26-17(19(2,3)4)18(23-10-9-22-12-23)25-15-11-13(20)7-8-14(15)21/h5-12,17-18H,1-4H3. The molecule has 0 bridgehead atoms. The highest BCUT2D eigenvalue weighted by Gasteiger charge is 2.38. The number of hydrogen-bond acceptors (Lipinski definition) is 4. The summed E-state index contributed by atoms with van der Waals surface area (Å²) in [6, 6.07) is 4.96. The van der Waals surface area contributed by atoms with E-state index in [4.69, 9.17) is 32.7 Å². The predicted molar refractivity (Wildman–Crippen MR) is 103 cm³/mol. The van der Waals surface area contributed by atoms with Gasteiger partial charge in [-0.15, -0.1) is 0 Å². The van der Waals surface area contributed by atoms with Gasteiger partial charge in [0.2, 0.25) is 6.23 Å². The van der Waals surface area contributed by atoms with Crippen molar-refractivity contribution in [2.75, 3.05) is 0 Å². The summed E-state index contributed by atoms with van der Waals surface area (Å²) in [7, 11) is 0. The van der Waals surface area contributed by atoms with E-state index in [0.29, 0.717) is 15.8 Å². The molecule has 2 aromatic rings. The largest absolute Gasteiger partial charge is 0.464 e. The second kappa shape index (κ2) is 8.60. The van der Waals surface area contributed by atoms with Gasteiger partial charge in [-0.3, -0.25) is 4.57 Å². The minimum atomic E-state index is -0.678. The number of benzene rings is 1. The number of halogens is 2. The first-order chi connectivity index (χ1) is 12.2. The smallest absolute Gasteiger partial charge is 0.330 e. The average molecular weight is 397 g/mol. The summed E-state index contributed by atoms with van der Waals surface area (Å²) in [6.07, 6.45) is 6.68. The number of imidazole rings is 1. The first kappa shape index (κ1) is 20.3. The highest BCUT2D eigenvalue weighted by molar-refractivity contribution is 6.34. The molecule has 140 valence electrons. The first-order valence-corrected chi connectivity index (χ1v) is 8.90. The van der Waals surface area contributed by atoms with Gasteiger partial charge in [0, 0.05) is 35.0 Å². The molecule has 2 unspecified atom stereocenters. The van der Waals surface area contributed by atoms with Crippen molar-refractivity contribution in [3.8, 4) is 5.75 Å². The van der Waals surface area contributed by atoms with Crippen LogP contribution in [-0.2, 0) is 9.53 Å². The van der Waals surface area contributed by atoms with Gasteiger partial charge in [-0.2, -0.15) is 0 Å². The van der Waals surface area contributed by atoms with Gasteiger partial charge in [0.25, 0.3) is 0 Å². The molecular weight excluding hydrogens is 375 g/mol. The lowest BCUT2D eigenvalue weighted by atomic mass is 9.87. The zero-order chi connectivity index (χ0) is 19.3. The Hall–Kier alpha value is -1.98. The van der Waals surface area contributed by atoms with Crippen LogP contribution in [0.25, 0.3) is 0 Å². The quantitative estimate of drug-likeness (QED) is 0.490. The van der Waals surface area contributed by atoms with Gasteiger partial charge in [0.15, 0.2) is 6.10 Å². The second-order valence-electron chi connectivity index (χ2n) is 6.82. The number of esters is 1. The molecule has 0 radical (unpaired) electrons. The maximum Gasteiger partial charge on any atom is 0.330 e. The maximum atomic E-state index is 12.1. The minimum Gasteiger partial charge on any atom is -0.464 e. The van der Waals surface area contributed by atoms with E-state index in [1.807, 2.05) is 20.8 Å². The lowest BCUT2D eigenvalue weighted by molar-refractivity contribution is -0.162. The summed E-state index contributed by atoms with van der Waals surface area (Å²) < 4.78 is 13.6. The molecule has 1 heterocycles. The van der Waals surface area contributed by atoms with Crippen molar-refractivity contribution in [1.82, 2.24) is 9.55 Å². The van der Waals surface area contributed by atoms with Crippen molar-refractivity contribution >= 4 is 29.2 Å². The molecule has 26 heavy (non-hydrogen) atoms. The number of hydrogen-bond donors (Lipinski definition) is 0. The van der Waals surface area contributed by atoms with E-state index in [1.54, 1.807) is 54.5 Å². The second-order valence-corrected chi connectivity index (χ2v) is 7.66. The van der Waals surface area contributed by atoms with Crippen molar-refractivity contribution < 1.29 is 14.3 Å². The van der Waals surface area contributed by atoms with Gasteiger partial charge in [0.05, 0.1) is 11.3 Å². The van der Waals surface area contributed by atoms with Crippen LogP contribution in [0.2, 0.25) is 10.0 Å². The van der Waals surface area contributed by atoms with Crippen molar-refractivity contribution in [1.29, 1.82) is 0 Å². The Morgan fingerprint density at radius 2 is 2.04 bits per heavy atom. The predicted octanol–water partition coefficient (Wildman–Crippen LogP) is 5.30. The van der Waals surface area contributed by atoms with Crippen LogP contribution in [-0.4, -0.2) is 21.6 Å². The van der Waals surface area contributed by atoms with Crippen LogP contribution in [0.15, 0.2) is 49.1 Å². The van der Waals surface area contributed by atoms with Crippen LogP contribution in [0, 0.1) is 5.41 Å². The molecule has 0 saturated carbocycles. The van der Waals surface area contributed by atoms with Gasteiger partial charge in [0.1, 0.15) is 5.75 Å². The highest BCUT2D eigenvalue weighted by atomic mass is 35.5. The monoisotopic (exact) mass is 396 g/mol. The molecule has 1 aromatic heterocycles. The van der Waals surface area contributed by atoms with E-state index >= 15 is 0 Å². The van der Waals surface area contributed by atoms with E-state index in [1.165, 1.54) is 6.08 Å². The van der Waals surface area contributed by atoms with E-state index in [-0.39, 0.29) is 0 Å². The molecule has 7 heteroatoms. The molecule has 0 amide bonds. The Bertz CT molecular complexity index is 768. The third kappa shape index (κ3) is 5.26. The van der Waals surface area contributed by atoms with E-state index in [2.05, 4.69) is 4.98 Å². The fourth-order valence-electron chi connectivity index (χ4n) is 2.36. The maximum absolute atomic E-state index is 12.1. The summed E-state index contributed by atoms with van der Waals surface area (Å²) >= 11 is 12.3. The lowest BCUT2D eigenvalue weighted by Gasteiger charge is -2.36. The van der Waals surface area contributed by atoms with Crippen LogP contribution in [0.5, 0.6) is 5.75 Å². The Kier molecular flexibility index (Phi) is 6.73. The zero-order valence-corrected chi connectivity index (χ0v) is 16.7. The SMILES string of the molecule is CC=CC(=O)OC(C(Oc1cc(Cl)ccc1Cl)n1ccnc1)C(C)(C)C. The normalized spacial score (nSPS) is 14.2. The van der Waals surface area contributed by atoms with Crippen molar-refractivity contribution in [2.45, 2.75) is 40.0 Å². The first-order valence-electron chi connectivity index (χ1n) is 8.15. The van der Waals surface area contributed by atoms with E-state index in [0.717, 1.165) is 0 Å². The van der Waals surface area contributed by atoms with Crippen LogP contribution in [0.1, 0.15) is 33.9 Å². The number of carbonyl (C=O) groups is 1. The molecule has 1 aromatic carbocycles. The fraction of sp³-hybridized carbons (Fsp3) is 0.368. The Balaban J connectivity index is 2.44. The lowest BCUT2D eigenvalue weighted by Crippen LogP contribution is -2.41. The Morgan fingerprint density at radius 1 is 1.31 bits per heavy atom. The molecule has 2 atom stereocenters. The molecule has 0 saturated heterocycles. The van der Waals surface area contributed by atoms with Gasteiger partial charge < -0.3 is 9.47 Å². The third-order valence-electron chi connectivity index (χ3n) is 3.62. The average Bonchev–Trinajstić information content (AvgIpc) is 3.07. The van der Waals surface area contributed by atoms with Crippen LogP contribution < -0.4 is 4.74 Å². The molecule has 2 rings (SSSR count). The summed E-state index contributed by atoms with van der Waals surface area (Å²) in [4.78, 5) is 16.2. The third-order valence-corrected chi connectivity index (χ3v) is 4.17. The molecule has 0 aliphatic heterocycles. The number of allylic oxidation sites excluding steroid dienone is 1. The number of nitrogens with zero attached hydrogens (tertiary/aromatic N) is 2. The number of aromatic nitrogens is 2. The van der Waals surface area contributed by atoms with Crippen molar-refractivity contribution in [3.63, 3.8) is 0 Å². The molecule has 5 nitrogen and oxygen atoms in total. The zero-order valence-electron chi connectivity index (χ0n) is 15.1. The summed E-state index contributed by atoms with van der Waals surface area (Å²) in [5, 5.41) is 0.902. The Labute approximate surface area is 163 Å². The fourth-order valence-corrected chi connectivity index (χ4v) is 2.68. The van der Waals surface area contributed by atoms with Gasteiger partial charge >= 0.3 is 5.97 Å². The molecule has 0 aliphatic carbocycles. The van der Waals surface area contributed by atoms with Crippen molar-refractivity contribution in [2.24, 2.45) is 5.41 Å². The van der Waals surface area contributed by atoms with Gasteiger partial charge in [-0.25, -0.2) is 9.78 Å². The van der Waals surface area contributed by atoms with Gasteiger partial charge in [-0.05, 0) is 19.1 Å². The van der Waals surface area contributed by atoms with Crippen LogP contribution in [0.3, 0.4) is 0 Å². The number of carbonyl (C=O) groups excluding carboxylic acids is 1. The molecular formula is C19H22Cl2N2O3. The van der Waals surface area contributed by atoms with E-state index in [9.17, 15) is 4.79 Å². The number of rotatable bonds is 6. The highest BCUT2D eigenvalue weighted by Crippen LogP contribution is 2.36. The Morgan fingerprint density at radius 3 is 2.62 bits per heavy atom. The minimum absolute atomic E-state index is 0.397. The molecule has 0 spiro atoms. The van der Waals surface area contributed by atoms with Crippen LogP contribution in [0.4, 0.5) is 0 Å². The molecule has 0 fully saturated rings. The topological polar surface area (TPSA) is 53.4 Å². The molecule has 0 aliphatic rings. The van der Waals surface area contributed by atoms with Crippen LogP contribution >= 0.6 is 23.2 Å². The molecule has 0 N–H and O–H groups in total. The van der Waals surface area contributed by atoms with E-state index < -0.39 is 23.7 Å². The van der Waals surface area contributed by atoms with Crippen molar-refractivity contribution in [3.05, 3.63) is 59.1 Å². The summed E-state index contributed by atoms with van der Waals surface area (Å²) in [5.74, 6) is -0.0486. The number of ether oxygens (including phenoxy) is 2. The summed E-state index contributed by atoms with van der Waals surface area (Å²) in [6.45, 7) is 7.65. The van der Waals surface area contributed by atoms with Gasteiger partial charge in [-0.1, -0.05) is 50.0 Å². The summed E-state index contributed by atoms with van der Waals surface area (Å²) in [5.41, 5.74) is -0.419.